The van der Waals surface area contributed by atoms with E-state index >= 15 is 0 Å². The third-order valence-electron chi connectivity index (χ3n) is 6.88. The fourth-order valence-electron chi connectivity index (χ4n) is 4.78. The number of amides is 1. The van der Waals surface area contributed by atoms with E-state index in [1.807, 2.05) is 0 Å². The van der Waals surface area contributed by atoms with Crippen molar-refractivity contribution in [1.29, 1.82) is 0 Å². The molecule has 0 spiro atoms. The van der Waals surface area contributed by atoms with E-state index < -0.39 is 39.8 Å². The van der Waals surface area contributed by atoms with Crippen LogP contribution in [0.2, 0.25) is 5.02 Å². The van der Waals surface area contributed by atoms with Gasteiger partial charge in [-0.1, -0.05) is 11.6 Å². The normalized spacial score (nSPS) is 21.6. The Hall–Kier alpha value is -3.16. The quantitative estimate of drug-likeness (QED) is 0.449. The van der Waals surface area contributed by atoms with Crippen molar-refractivity contribution in [2.75, 3.05) is 6.54 Å². The number of fused-ring (bicyclic) bond motifs is 1. The van der Waals surface area contributed by atoms with Crippen molar-refractivity contribution in [3.63, 3.8) is 0 Å². The Labute approximate surface area is 220 Å². The highest BCUT2D eigenvalue weighted by atomic mass is 35.5. The van der Waals surface area contributed by atoms with Crippen molar-refractivity contribution in [3.8, 4) is 11.3 Å². The first-order valence-corrected chi connectivity index (χ1v) is 13.4. The van der Waals surface area contributed by atoms with Gasteiger partial charge in [-0.25, -0.2) is 22.8 Å². The molecule has 1 saturated carbocycles. The van der Waals surface area contributed by atoms with Crippen LogP contribution in [0.15, 0.2) is 53.8 Å². The molecule has 1 N–H and O–H groups in total. The topological polar surface area (TPSA) is 105 Å². The molecule has 8 nitrogen and oxygen atoms in total. The first kappa shape index (κ1) is 26.4. The fraction of sp³-hybridized carbons (Fsp3) is 0.333. The molecule has 0 unspecified atom stereocenters. The molecule has 2 aliphatic rings. The largest absolute Gasteiger partial charge is 0.451 e. The lowest BCUT2D eigenvalue weighted by molar-refractivity contribution is -0.145. The van der Waals surface area contributed by atoms with Crippen LogP contribution in [0.4, 0.5) is 17.6 Å². The molecule has 1 aliphatic carbocycles. The Morgan fingerprint density at radius 3 is 2.37 bits per heavy atom. The molecule has 0 radical (unpaired) electrons. The van der Waals surface area contributed by atoms with Crippen LogP contribution in [0.25, 0.3) is 11.3 Å². The Balaban J connectivity index is 1.34. The predicted molar refractivity (Wildman–Crippen MR) is 127 cm³/mol. The second-order valence-electron chi connectivity index (χ2n) is 9.15. The lowest BCUT2D eigenvalue weighted by atomic mass is 9.73. The van der Waals surface area contributed by atoms with E-state index in [-0.39, 0.29) is 46.1 Å². The van der Waals surface area contributed by atoms with Crippen LogP contribution in [0.1, 0.15) is 24.2 Å². The average molecular weight is 570 g/mol. The van der Waals surface area contributed by atoms with E-state index in [0.29, 0.717) is 12.0 Å². The van der Waals surface area contributed by atoms with Gasteiger partial charge in [-0.15, -0.1) is 0 Å². The summed E-state index contributed by atoms with van der Waals surface area (Å²) in [7, 11) is -4.05. The lowest BCUT2D eigenvalue weighted by Gasteiger charge is -2.32. The van der Waals surface area contributed by atoms with Crippen LogP contribution in [0.3, 0.4) is 0 Å². The molecule has 14 heteroatoms. The van der Waals surface area contributed by atoms with Gasteiger partial charge >= 0.3 is 6.18 Å². The summed E-state index contributed by atoms with van der Waals surface area (Å²) in [6, 6.07) is 5.00. The van der Waals surface area contributed by atoms with E-state index in [2.05, 4.69) is 20.3 Å². The number of alkyl halides is 3. The summed E-state index contributed by atoms with van der Waals surface area (Å²) >= 11 is 6.24. The number of benzene rings is 1. The average Bonchev–Trinajstić information content (AvgIpc) is 3.13. The first-order chi connectivity index (χ1) is 17.9. The minimum absolute atomic E-state index is 0.0526. The maximum atomic E-state index is 13.3. The zero-order valence-corrected chi connectivity index (χ0v) is 21.1. The Kier molecular flexibility index (Phi) is 6.86. The maximum Gasteiger partial charge on any atom is 0.451 e. The number of carbonyl (C=O) groups excluding carboxylic acids is 1. The summed E-state index contributed by atoms with van der Waals surface area (Å²) in [6.07, 6.45) is 0.0899. The van der Waals surface area contributed by atoms with Crippen molar-refractivity contribution in [2.24, 2.45) is 11.8 Å². The van der Waals surface area contributed by atoms with E-state index in [0.717, 1.165) is 30.9 Å². The van der Waals surface area contributed by atoms with E-state index in [4.69, 9.17) is 11.6 Å². The maximum absolute atomic E-state index is 13.3. The highest BCUT2D eigenvalue weighted by Crippen LogP contribution is 2.46. The molecule has 5 rings (SSSR count). The number of rotatable bonds is 6. The van der Waals surface area contributed by atoms with Gasteiger partial charge in [0.1, 0.15) is 11.9 Å². The molecule has 1 saturated heterocycles. The number of sulfonamides is 1. The number of carbonyl (C=O) groups is 1. The third kappa shape index (κ3) is 4.97. The van der Waals surface area contributed by atoms with Gasteiger partial charge in [0.15, 0.2) is 0 Å². The lowest BCUT2D eigenvalue weighted by Crippen LogP contribution is -2.49. The molecule has 2 fully saturated rings. The monoisotopic (exact) mass is 569 g/mol. The molecule has 1 aromatic carbocycles. The third-order valence-corrected chi connectivity index (χ3v) is 9.09. The second-order valence-corrected chi connectivity index (χ2v) is 11.4. The van der Waals surface area contributed by atoms with Gasteiger partial charge < -0.3 is 5.32 Å². The summed E-state index contributed by atoms with van der Waals surface area (Å²) in [5, 5.41) is 2.94. The number of hydrogen-bond donors (Lipinski definition) is 1. The van der Waals surface area contributed by atoms with Crippen molar-refractivity contribution >= 4 is 27.5 Å². The minimum atomic E-state index is -4.68. The predicted octanol–water partition coefficient (Wildman–Crippen LogP) is 4.07. The smallest absolute Gasteiger partial charge is 0.351 e. The summed E-state index contributed by atoms with van der Waals surface area (Å²) in [5.41, 5.74) is 0.876. The van der Waals surface area contributed by atoms with Crippen LogP contribution in [0.5, 0.6) is 0 Å². The Morgan fingerprint density at radius 1 is 1.08 bits per heavy atom. The Bertz CT molecular complexity index is 1470. The van der Waals surface area contributed by atoms with Gasteiger partial charge in [0.2, 0.25) is 21.8 Å². The molecule has 3 aromatic rings. The van der Waals surface area contributed by atoms with Crippen LogP contribution in [-0.4, -0.2) is 46.2 Å². The van der Waals surface area contributed by atoms with E-state index in [1.165, 1.54) is 28.7 Å². The van der Waals surface area contributed by atoms with Crippen LogP contribution in [-0.2, 0) is 27.5 Å². The fourth-order valence-corrected chi connectivity index (χ4v) is 6.64. The van der Waals surface area contributed by atoms with Crippen LogP contribution < -0.4 is 5.32 Å². The number of aromatic nitrogens is 3. The molecular weight excluding hydrogens is 550 g/mol. The van der Waals surface area contributed by atoms with Gasteiger partial charge in [0.05, 0.1) is 15.6 Å². The molecule has 200 valence electrons. The molecule has 3 atom stereocenters. The van der Waals surface area contributed by atoms with Crippen molar-refractivity contribution in [2.45, 2.75) is 36.5 Å². The van der Waals surface area contributed by atoms with Crippen molar-refractivity contribution in [3.05, 3.63) is 71.2 Å². The minimum Gasteiger partial charge on any atom is -0.351 e. The van der Waals surface area contributed by atoms with Crippen LogP contribution >= 0.6 is 11.6 Å². The zero-order valence-electron chi connectivity index (χ0n) is 19.5. The Morgan fingerprint density at radius 2 is 1.76 bits per heavy atom. The van der Waals surface area contributed by atoms with Gasteiger partial charge in [-0.3, -0.25) is 9.78 Å². The first-order valence-electron chi connectivity index (χ1n) is 11.5. The molecular formula is C24H20ClF4N5O3S. The number of nitrogens with zero attached hydrogens (tertiary/aromatic N) is 4. The number of nitrogens with one attached hydrogen (secondary N) is 1. The summed E-state index contributed by atoms with van der Waals surface area (Å²) in [6.45, 7) is 0.115. The SMILES string of the molecule is O=C(NCc1cc(-c2cnc(C(F)(F)F)nc2)ncc1Cl)[C@@H]1[C@H]2CC[C@H]2CN1S(=O)(=O)c1ccc(F)cc1. The number of hydrogen-bond acceptors (Lipinski definition) is 6. The summed E-state index contributed by atoms with van der Waals surface area (Å²) in [4.78, 5) is 23.9. The van der Waals surface area contributed by atoms with E-state index in [9.17, 15) is 30.8 Å². The van der Waals surface area contributed by atoms with Crippen molar-refractivity contribution in [1.82, 2.24) is 24.6 Å². The van der Waals surface area contributed by atoms with Gasteiger partial charge in [0, 0.05) is 37.2 Å². The van der Waals surface area contributed by atoms with E-state index in [1.54, 1.807) is 0 Å². The van der Waals surface area contributed by atoms with Gasteiger partial charge in [0.25, 0.3) is 0 Å². The molecule has 1 aliphatic heterocycles. The number of halogens is 5. The molecule has 3 heterocycles. The number of pyridine rings is 1. The van der Waals surface area contributed by atoms with Gasteiger partial charge in [-0.05, 0) is 60.6 Å². The second kappa shape index (κ2) is 9.86. The molecule has 38 heavy (non-hydrogen) atoms. The highest BCUT2D eigenvalue weighted by molar-refractivity contribution is 7.89. The van der Waals surface area contributed by atoms with Crippen LogP contribution in [0, 0.1) is 17.7 Å². The zero-order chi connectivity index (χ0) is 27.2. The highest BCUT2D eigenvalue weighted by Gasteiger charge is 2.54. The molecule has 1 amide bonds. The van der Waals surface area contributed by atoms with Crippen molar-refractivity contribution < 1.29 is 30.8 Å². The summed E-state index contributed by atoms with van der Waals surface area (Å²) < 4.78 is 79.4. The molecule has 2 aromatic heterocycles. The summed E-state index contributed by atoms with van der Waals surface area (Å²) in [5.74, 6) is -2.45. The molecule has 0 bridgehead atoms. The van der Waals surface area contributed by atoms with Gasteiger partial charge in [-0.2, -0.15) is 17.5 Å². The standard InChI is InChI=1S/C24H20ClF4N5O3S/c25-19-11-30-20(15-9-32-23(33-10-15)24(27,28)29)7-14(19)8-31-22(35)21-18-6-1-13(18)12-34(21)38(36,37)17-4-2-16(26)3-5-17/h2-5,7,9-11,13,18,21H,1,6,8,12H2,(H,31,35)/t13-,18-,21-/m0/s1.